The topological polar surface area (TPSA) is 76.7 Å². The molecule has 2 heterocycles. The highest BCUT2D eigenvalue weighted by Gasteiger charge is 2.17. The van der Waals surface area contributed by atoms with E-state index in [2.05, 4.69) is 20.4 Å². The van der Waals surface area contributed by atoms with Crippen LogP contribution in [0.15, 0.2) is 36.9 Å². The molecule has 3 N–H and O–H groups in total. The van der Waals surface area contributed by atoms with Gasteiger partial charge in [-0.05, 0) is 12.1 Å². The van der Waals surface area contributed by atoms with Crippen molar-refractivity contribution in [3.8, 4) is 0 Å². The molecule has 0 aliphatic heterocycles. The van der Waals surface area contributed by atoms with Gasteiger partial charge >= 0.3 is 0 Å². The smallest absolute Gasteiger partial charge is 0.108 e. The maximum Gasteiger partial charge on any atom is 0.108 e. The Morgan fingerprint density at radius 2 is 2.12 bits per heavy atom. The monoisotopic (exact) mass is 235 g/mol. The lowest BCUT2D eigenvalue weighted by atomic mass is 10.1. The second-order valence-electron chi connectivity index (χ2n) is 3.10. The average molecular weight is 236 g/mol. The van der Waals surface area contributed by atoms with Gasteiger partial charge in [0.15, 0.2) is 0 Å². The number of nitrogens with two attached hydrogens (primary N) is 1. The summed E-state index contributed by atoms with van der Waals surface area (Å²) in [6.07, 6.45) is 6.46. The van der Waals surface area contributed by atoms with Crippen molar-refractivity contribution in [2.75, 3.05) is 0 Å². The molecule has 1 atom stereocenters. The van der Waals surface area contributed by atoms with Crippen LogP contribution in [0.25, 0.3) is 0 Å². The van der Waals surface area contributed by atoms with Gasteiger partial charge in [0.1, 0.15) is 6.04 Å². The quantitative estimate of drug-likeness (QED) is 0.615. The Kier molecular flexibility index (Phi) is 3.40. The van der Waals surface area contributed by atoms with Crippen LogP contribution in [0.3, 0.4) is 0 Å². The molecule has 0 aliphatic carbocycles. The van der Waals surface area contributed by atoms with Crippen molar-refractivity contribution in [1.29, 1.82) is 0 Å². The first-order valence-corrected chi connectivity index (χ1v) is 5.03. The Hall–Kier alpha value is -1.56. The molecule has 0 radical (unpaired) electrons. The van der Waals surface area contributed by atoms with Crippen LogP contribution in [-0.4, -0.2) is 15.0 Å². The van der Waals surface area contributed by atoms with Gasteiger partial charge in [0.2, 0.25) is 0 Å². The van der Waals surface area contributed by atoms with Gasteiger partial charge in [-0.1, -0.05) is 11.6 Å². The number of nitrogens with zero attached hydrogens (tertiary/aromatic N) is 3. The summed E-state index contributed by atoms with van der Waals surface area (Å²) < 4.78 is 0. The summed E-state index contributed by atoms with van der Waals surface area (Å²) in [5.41, 5.74) is 3.93. The standard InChI is InChI=1S/C10H10ClN5/c11-7-2-1-3-15-9(7)10(16-12)8-6-13-4-5-14-8/h1-6,10,16H,12H2. The third-order valence-corrected chi connectivity index (χ3v) is 2.43. The molecule has 0 spiro atoms. The maximum absolute atomic E-state index is 6.04. The number of halogens is 1. The molecule has 0 aliphatic rings. The minimum absolute atomic E-state index is 0.359. The zero-order valence-electron chi connectivity index (χ0n) is 8.34. The average Bonchev–Trinajstić information content (AvgIpc) is 2.34. The van der Waals surface area contributed by atoms with Crippen LogP contribution >= 0.6 is 11.6 Å². The third kappa shape index (κ3) is 2.16. The Labute approximate surface area is 97.7 Å². The van der Waals surface area contributed by atoms with Gasteiger partial charge in [0.05, 0.1) is 22.6 Å². The summed E-state index contributed by atoms with van der Waals surface area (Å²) in [6.45, 7) is 0. The Morgan fingerprint density at radius 1 is 1.25 bits per heavy atom. The third-order valence-electron chi connectivity index (χ3n) is 2.11. The van der Waals surface area contributed by atoms with Crippen molar-refractivity contribution >= 4 is 11.6 Å². The normalized spacial score (nSPS) is 12.4. The lowest BCUT2D eigenvalue weighted by molar-refractivity contribution is 0.603. The largest absolute Gasteiger partial charge is 0.270 e. The summed E-state index contributed by atoms with van der Waals surface area (Å²) in [5, 5.41) is 0.538. The maximum atomic E-state index is 6.04. The zero-order chi connectivity index (χ0) is 11.4. The van der Waals surface area contributed by atoms with Crippen LogP contribution in [-0.2, 0) is 0 Å². The fraction of sp³-hybridized carbons (Fsp3) is 0.100. The second kappa shape index (κ2) is 4.98. The summed E-state index contributed by atoms with van der Waals surface area (Å²) in [7, 11) is 0. The molecule has 0 saturated carbocycles. The highest BCUT2D eigenvalue weighted by atomic mass is 35.5. The number of rotatable bonds is 3. The summed E-state index contributed by atoms with van der Waals surface area (Å²) in [6, 6.07) is 3.16. The van der Waals surface area contributed by atoms with Crippen molar-refractivity contribution in [3.63, 3.8) is 0 Å². The molecular weight excluding hydrogens is 226 g/mol. The van der Waals surface area contributed by atoms with Crippen molar-refractivity contribution in [3.05, 3.63) is 53.3 Å². The van der Waals surface area contributed by atoms with E-state index in [-0.39, 0.29) is 6.04 Å². The molecule has 0 aromatic carbocycles. The van der Waals surface area contributed by atoms with Gasteiger partial charge in [-0.3, -0.25) is 20.8 Å². The molecule has 0 saturated heterocycles. The van der Waals surface area contributed by atoms with Crippen LogP contribution in [0.5, 0.6) is 0 Å². The van der Waals surface area contributed by atoms with E-state index in [1.165, 1.54) is 0 Å². The number of hydrogen-bond acceptors (Lipinski definition) is 5. The molecule has 2 rings (SSSR count). The van der Waals surface area contributed by atoms with E-state index in [4.69, 9.17) is 17.4 Å². The second-order valence-corrected chi connectivity index (χ2v) is 3.51. The number of aromatic nitrogens is 3. The van der Waals surface area contributed by atoms with E-state index in [0.29, 0.717) is 16.4 Å². The van der Waals surface area contributed by atoms with Gasteiger partial charge in [-0.15, -0.1) is 0 Å². The molecule has 0 amide bonds. The van der Waals surface area contributed by atoms with Crippen LogP contribution < -0.4 is 11.3 Å². The summed E-state index contributed by atoms with van der Waals surface area (Å²) in [4.78, 5) is 12.3. The SMILES string of the molecule is NNC(c1cnccn1)c1ncccc1Cl. The van der Waals surface area contributed by atoms with Crippen molar-refractivity contribution in [1.82, 2.24) is 20.4 Å². The summed E-state index contributed by atoms with van der Waals surface area (Å²) in [5.74, 6) is 5.49. The van der Waals surface area contributed by atoms with E-state index in [0.717, 1.165) is 0 Å². The predicted octanol–water partition coefficient (Wildman–Crippen LogP) is 1.08. The first-order valence-electron chi connectivity index (χ1n) is 4.65. The number of hydrogen-bond donors (Lipinski definition) is 2. The molecule has 0 bridgehead atoms. The molecular formula is C10H10ClN5. The van der Waals surface area contributed by atoms with Crippen LogP contribution in [0, 0.1) is 0 Å². The number of hydrazine groups is 1. The lowest BCUT2D eigenvalue weighted by Gasteiger charge is -2.15. The summed E-state index contributed by atoms with van der Waals surface area (Å²) >= 11 is 6.04. The molecule has 5 nitrogen and oxygen atoms in total. The Morgan fingerprint density at radius 3 is 2.75 bits per heavy atom. The first-order chi connectivity index (χ1) is 7.83. The molecule has 82 valence electrons. The molecule has 16 heavy (non-hydrogen) atoms. The van der Waals surface area contributed by atoms with Crippen LogP contribution in [0.2, 0.25) is 5.02 Å². The van der Waals surface area contributed by atoms with E-state index in [1.54, 1.807) is 36.9 Å². The van der Waals surface area contributed by atoms with Crippen molar-refractivity contribution < 1.29 is 0 Å². The Balaban J connectivity index is 2.41. The first kappa shape index (κ1) is 10.9. The molecule has 2 aromatic rings. The van der Waals surface area contributed by atoms with Gasteiger partial charge in [-0.25, -0.2) is 5.43 Å². The van der Waals surface area contributed by atoms with Crippen LogP contribution in [0.1, 0.15) is 17.4 Å². The van der Waals surface area contributed by atoms with E-state index < -0.39 is 0 Å². The van der Waals surface area contributed by atoms with Gasteiger partial charge in [0.25, 0.3) is 0 Å². The molecule has 0 fully saturated rings. The van der Waals surface area contributed by atoms with Gasteiger partial charge < -0.3 is 0 Å². The zero-order valence-corrected chi connectivity index (χ0v) is 9.09. The van der Waals surface area contributed by atoms with E-state index >= 15 is 0 Å². The minimum atomic E-state index is -0.359. The molecule has 6 heteroatoms. The van der Waals surface area contributed by atoms with Crippen molar-refractivity contribution in [2.45, 2.75) is 6.04 Å². The lowest BCUT2D eigenvalue weighted by Crippen LogP contribution is -2.30. The van der Waals surface area contributed by atoms with E-state index in [1.807, 2.05) is 0 Å². The van der Waals surface area contributed by atoms with Gasteiger partial charge in [-0.2, -0.15) is 0 Å². The predicted molar refractivity (Wildman–Crippen MR) is 60.4 cm³/mol. The highest BCUT2D eigenvalue weighted by Crippen LogP contribution is 2.23. The molecule has 2 aromatic heterocycles. The fourth-order valence-electron chi connectivity index (χ4n) is 1.37. The number of pyridine rings is 1. The number of nitrogens with one attached hydrogen (secondary N) is 1. The minimum Gasteiger partial charge on any atom is -0.270 e. The fourth-order valence-corrected chi connectivity index (χ4v) is 1.61. The highest BCUT2D eigenvalue weighted by molar-refractivity contribution is 6.31. The Bertz CT molecular complexity index is 462. The van der Waals surface area contributed by atoms with E-state index in [9.17, 15) is 0 Å². The molecule has 1 unspecified atom stereocenters. The van der Waals surface area contributed by atoms with Crippen LogP contribution in [0.4, 0.5) is 0 Å². The van der Waals surface area contributed by atoms with Gasteiger partial charge in [0, 0.05) is 18.6 Å². The van der Waals surface area contributed by atoms with Crippen molar-refractivity contribution in [2.24, 2.45) is 5.84 Å².